The summed E-state index contributed by atoms with van der Waals surface area (Å²) in [7, 11) is -4.35. The highest BCUT2D eigenvalue weighted by Crippen LogP contribution is 2.42. The second-order valence-electron chi connectivity index (χ2n) is 8.54. The summed E-state index contributed by atoms with van der Waals surface area (Å²) in [5, 5.41) is 9.70. The van der Waals surface area contributed by atoms with Crippen LogP contribution in [0.25, 0.3) is 33.3 Å². The van der Waals surface area contributed by atoms with Crippen molar-refractivity contribution < 1.29 is 31.5 Å². The van der Waals surface area contributed by atoms with Gasteiger partial charge in [0.2, 0.25) is 0 Å². The van der Waals surface area contributed by atoms with Gasteiger partial charge in [-0.3, -0.25) is 0 Å². The molecule has 1 heterocycles. The zero-order valence-electron chi connectivity index (χ0n) is 19.6. The van der Waals surface area contributed by atoms with Crippen LogP contribution in [0, 0.1) is 5.82 Å². The van der Waals surface area contributed by atoms with E-state index in [0.717, 1.165) is 34.3 Å². The lowest BCUT2D eigenvalue weighted by molar-refractivity contribution is 0.0697. The summed E-state index contributed by atoms with van der Waals surface area (Å²) >= 11 is 9.82. The van der Waals surface area contributed by atoms with Gasteiger partial charge in [0.1, 0.15) is 5.82 Å². The molecule has 0 atom stereocenters. The lowest BCUT2D eigenvalue weighted by Gasteiger charge is -2.14. The van der Waals surface area contributed by atoms with Crippen LogP contribution in [0.5, 0.6) is 0 Å². The Balaban J connectivity index is 0.00000370. The lowest BCUT2D eigenvalue weighted by Crippen LogP contribution is -2.14. The number of rotatable bonds is 6. The Kier molecular flexibility index (Phi) is 8.16. The van der Waals surface area contributed by atoms with Crippen molar-refractivity contribution in [2.75, 3.05) is 0 Å². The molecule has 40 heavy (non-hydrogen) atoms. The fourth-order valence-electron chi connectivity index (χ4n) is 4.30. The Morgan fingerprint density at radius 3 is 2.23 bits per heavy atom. The van der Waals surface area contributed by atoms with Gasteiger partial charge >= 0.3 is 5.97 Å². The molecule has 11 heteroatoms. The SMILES string of the molecule is C.O=C(O)c1ccc(-c2cccc(-c3c(Br)c4cc(F)ccc4n3S(=O)(=O)c3ccc(C(F)F)cc3)c2)c(Cl)c1. The van der Waals surface area contributed by atoms with Crippen LogP contribution < -0.4 is 0 Å². The number of benzene rings is 4. The molecule has 0 saturated heterocycles. The first-order valence-electron chi connectivity index (χ1n) is 11.3. The third-order valence-electron chi connectivity index (χ3n) is 6.16. The zero-order valence-corrected chi connectivity index (χ0v) is 22.7. The molecule has 206 valence electrons. The minimum absolute atomic E-state index is 0. The molecule has 0 amide bonds. The molecule has 0 saturated carbocycles. The smallest absolute Gasteiger partial charge is 0.335 e. The fourth-order valence-corrected chi connectivity index (χ4v) is 6.98. The molecular weight excluding hydrogens is 631 g/mol. The van der Waals surface area contributed by atoms with E-state index < -0.39 is 28.2 Å². The summed E-state index contributed by atoms with van der Waals surface area (Å²) < 4.78 is 69.6. The molecule has 0 aliphatic heterocycles. The van der Waals surface area contributed by atoms with E-state index in [1.165, 1.54) is 24.3 Å². The number of fused-ring (bicyclic) bond motifs is 1. The zero-order chi connectivity index (χ0) is 28.1. The molecule has 5 aromatic rings. The number of aromatic carboxylic acids is 1. The highest BCUT2D eigenvalue weighted by Gasteiger charge is 2.28. The quantitative estimate of drug-likeness (QED) is 0.199. The third kappa shape index (κ3) is 5.14. The second-order valence-corrected chi connectivity index (χ2v) is 11.5. The van der Waals surface area contributed by atoms with Gasteiger partial charge < -0.3 is 5.11 Å². The standard InChI is InChI=1S/C28H16BrClF3NO4S.CH4/c29-25-22-14-19(31)7-11-24(22)34(39(37,38)20-8-4-15(5-9-20)27(32)33)26(25)17-3-1-2-16(12-17)21-10-6-18(28(35)36)13-23(21)30;/h1-14,27H,(H,35,36);1H4. The number of aromatic nitrogens is 1. The van der Waals surface area contributed by atoms with E-state index in [1.54, 1.807) is 30.3 Å². The Bertz CT molecular complexity index is 1870. The molecule has 0 spiro atoms. The molecule has 1 N–H and O–H groups in total. The minimum Gasteiger partial charge on any atom is -0.478 e. The maximum Gasteiger partial charge on any atom is 0.335 e. The largest absolute Gasteiger partial charge is 0.478 e. The first-order valence-corrected chi connectivity index (χ1v) is 13.9. The molecule has 0 aliphatic rings. The first kappa shape index (κ1) is 29.4. The van der Waals surface area contributed by atoms with Gasteiger partial charge in [0.25, 0.3) is 16.4 Å². The van der Waals surface area contributed by atoms with Gasteiger partial charge in [0, 0.05) is 27.1 Å². The molecule has 0 bridgehead atoms. The van der Waals surface area contributed by atoms with Crippen LogP contribution in [-0.2, 0) is 10.0 Å². The Morgan fingerprint density at radius 1 is 0.925 bits per heavy atom. The van der Waals surface area contributed by atoms with Crippen molar-refractivity contribution in [1.29, 1.82) is 0 Å². The average molecular weight is 651 g/mol. The maximum absolute atomic E-state index is 14.2. The van der Waals surface area contributed by atoms with E-state index in [0.29, 0.717) is 21.2 Å². The summed E-state index contributed by atoms with van der Waals surface area (Å²) in [6.45, 7) is 0. The Hall–Kier alpha value is -3.60. The summed E-state index contributed by atoms with van der Waals surface area (Å²) in [6, 6.07) is 18.9. The normalized spacial score (nSPS) is 11.6. The topological polar surface area (TPSA) is 76.4 Å². The van der Waals surface area contributed by atoms with Crippen LogP contribution in [0.15, 0.2) is 94.3 Å². The monoisotopic (exact) mass is 649 g/mol. The highest BCUT2D eigenvalue weighted by molar-refractivity contribution is 9.10. The predicted molar refractivity (Wildman–Crippen MR) is 153 cm³/mol. The number of hydrogen-bond donors (Lipinski definition) is 1. The average Bonchev–Trinajstić information content (AvgIpc) is 3.20. The summed E-state index contributed by atoms with van der Waals surface area (Å²) in [6.07, 6.45) is -2.76. The van der Waals surface area contributed by atoms with Crippen LogP contribution >= 0.6 is 27.5 Å². The van der Waals surface area contributed by atoms with Crippen LogP contribution in [-0.4, -0.2) is 23.5 Å². The molecular formula is C29H20BrClF3NO4S. The minimum atomic E-state index is -4.35. The van der Waals surface area contributed by atoms with Crippen molar-refractivity contribution in [3.05, 3.63) is 111 Å². The van der Waals surface area contributed by atoms with Crippen LogP contribution in [0.4, 0.5) is 13.2 Å². The fraction of sp³-hybridized carbons (Fsp3) is 0.0690. The van der Waals surface area contributed by atoms with Gasteiger partial charge in [-0.05, 0) is 70.0 Å². The molecule has 0 radical (unpaired) electrons. The summed E-state index contributed by atoms with van der Waals surface area (Å²) in [5.41, 5.74) is 1.53. The highest BCUT2D eigenvalue weighted by atomic mass is 79.9. The van der Waals surface area contributed by atoms with E-state index in [1.807, 2.05) is 0 Å². The number of hydrogen-bond acceptors (Lipinski definition) is 3. The van der Waals surface area contributed by atoms with Gasteiger partial charge in [0.15, 0.2) is 0 Å². The number of carbonyl (C=O) groups is 1. The van der Waals surface area contributed by atoms with E-state index in [4.69, 9.17) is 11.6 Å². The molecule has 5 rings (SSSR count). The number of alkyl halides is 2. The Morgan fingerprint density at radius 2 is 1.60 bits per heavy atom. The van der Waals surface area contributed by atoms with Crippen molar-refractivity contribution in [1.82, 2.24) is 3.97 Å². The molecule has 0 unspecified atom stereocenters. The van der Waals surface area contributed by atoms with Gasteiger partial charge in [-0.15, -0.1) is 0 Å². The number of halogens is 5. The summed E-state index contributed by atoms with van der Waals surface area (Å²) in [5.74, 6) is -1.71. The van der Waals surface area contributed by atoms with Crippen molar-refractivity contribution >= 4 is 54.4 Å². The molecule has 4 aromatic carbocycles. The van der Waals surface area contributed by atoms with Gasteiger partial charge in [-0.1, -0.05) is 55.4 Å². The van der Waals surface area contributed by atoms with E-state index in [9.17, 15) is 31.5 Å². The van der Waals surface area contributed by atoms with E-state index >= 15 is 0 Å². The molecule has 0 fully saturated rings. The third-order valence-corrected chi connectivity index (χ3v) is 9.00. The number of carboxylic acids is 1. The second kappa shape index (κ2) is 11.1. The van der Waals surface area contributed by atoms with Crippen molar-refractivity contribution in [3.8, 4) is 22.4 Å². The van der Waals surface area contributed by atoms with Gasteiger partial charge in [-0.25, -0.2) is 30.4 Å². The predicted octanol–water partition coefficient (Wildman–Crippen LogP) is 9.04. The van der Waals surface area contributed by atoms with E-state index in [2.05, 4.69) is 15.9 Å². The first-order chi connectivity index (χ1) is 18.5. The number of nitrogens with zero attached hydrogens (tertiary/aromatic N) is 1. The molecule has 1 aromatic heterocycles. The van der Waals surface area contributed by atoms with Crippen LogP contribution in [0.2, 0.25) is 5.02 Å². The van der Waals surface area contributed by atoms with Crippen molar-refractivity contribution in [2.24, 2.45) is 0 Å². The van der Waals surface area contributed by atoms with E-state index in [-0.39, 0.29) is 45.1 Å². The maximum atomic E-state index is 14.2. The molecule has 0 aliphatic carbocycles. The Labute approximate surface area is 241 Å². The molecule has 5 nitrogen and oxygen atoms in total. The van der Waals surface area contributed by atoms with Crippen LogP contribution in [0.1, 0.15) is 29.8 Å². The summed E-state index contributed by atoms with van der Waals surface area (Å²) in [4.78, 5) is 11.1. The van der Waals surface area contributed by atoms with Gasteiger partial charge in [-0.2, -0.15) is 0 Å². The van der Waals surface area contributed by atoms with Crippen molar-refractivity contribution in [2.45, 2.75) is 18.7 Å². The van der Waals surface area contributed by atoms with Gasteiger partial charge in [0.05, 0.1) is 26.1 Å². The van der Waals surface area contributed by atoms with Crippen molar-refractivity contribution in [3.63, 3.8) is 0 Å². The lowest BCUT2D eigenvalue weighted by atomic mass is 10.0. The number of carboxylic acid groups (broad SMARTS) is 1. The van der Waals surface area contributed by atoms with Crippen LogP contribution in [0.3, 0.4) is 0 Å².